The third-order valence-corrected chi connectivity index (χ3v) is 4.96. The smallest absolute Gasteiger partial charge is 0.252 e. The van der Waals surface area contributed by atoms with Gasteiger partial charge in [0.1, 0.15) is 5.75 Å². The highest BCUT2D eigenvalue weighted by Crippen LogP contribution is 2.29. The van der Waals surface area contributed by atoms with Gasteiger partial charge in [-0.3, -0.25) is 4.79 Å². The molecular formula is C21H21N3O2S. The van der Waals surface area contributed by atoms with E-state index in [0.717, 1.165) is 16.8 Å². The first kappa shape index (κ1) is 18.9. The van der Waals surface area contributed by atoms with Gasteiger partial charge in [0.25, 0.3) is 5.88 Å². The molecule has 3 rings (SSSR count). The number of nitrogens with zero attached hydrogens (tertiary/aromatic N) is 2. The second kappa shape index (κ2) is 8.68. The number of carbonyl (C=O) groups excluding carboxylic acids is 1. The van der Waals surface area contributed by atoms with Crippen LogP contribution in [0.3, 0.4) is 0 Å². The summed E-state index contributed by atoms with van der Waals surface area (Å²) in [5.41, 5.74) is 4.28. The lowest BCUT2D eigenvalue weighted by Crippen LogP contribution is -2.14. The zero-order valence-electron chi connectivity index (χ0n) is 15.5. The summed E-state index contributed by atoms with van der Waals surface area (Å²) in [7, 11) is 0. The Balaban J connectivity index is 1.62. The Morgan fingerprint density at radius 3 is 2.48 bits per heavy atom. The van der Waals surface area contributed by atoms with E-state index in [1.165, 1.54) is 17.3 Å². The van der Waals surface area contributed by atoms with Crippen LogP contribution in [0.2, 0.25) is 0 Å². The van der Waals surface area contributed by atoms with Gasteiger partial charge in [-0.15, -0.1) is 0 Å². The Morgan fingerprint density at radius 2 is 1.74 bits per heavy atom. The molecule has 0 saturated carbocycles. The van der Waals surface area contributed by atoms with Gasteiger partial charge in [-0.05, 0) is 56.2 Å². The molecule has 1 aromatic heterocycles. The van der Waals surface area contributed by atoms with Crippen LogP contribution in [0.1, 0.15) is 16.7 Å². The molecule has 0 spiro atoms. The van der Waals surface area contributed by atoms with Gasteiger partial charge in [0.15, 0.2) is 5.03 Å². The number of aromatic nitrogens is 2. The van der Waals surface area contributed by atoms with Crippen molar-refractivity contribution in [2.45, 2.75) is 25.8 Å². The van der Waals surface area contributed by atoms with Crippen molar-refractivity contribution in [1.29, 1.82) is 0 Å². The maximum absolute atomic E-state index is 12.3. The van der Waals surface area contributed by atoms with E-state index >= 15 is 0 Å². The summed E-state index contributed by atoms with van der Waals surface area (Å²) in [6.45, 7) is 6.08. The molecule has 0 fully saturated rings. The molecule has 27 heavy (non-hydrogen) atoms. The normalized spacial score (nSPS) is 10.5. The molecule has 5 nitrogen and oxygen atoms in total. The first-order chi connectivity index (χ1) is 13.0. The van der Waals surface area contributed by atoms with Gasteiger partial charge in [-0.25, -0.2) is 9.97 Å². The summed E-state index contributed by atoms with van der Waals surface area (Å²) >= 11 is 1.29. The van der Waals surface area contributed by atoms with Crippen molar-refractivity contribution in [1.82, 2.24) is 9.97 Å². The van der Waals surface area contributed by atoms with E-state index in [2.05, 4.69) is 15.3 Å². The van der Waals surface area contributed by atoms with Crippen LogP contribution in [0, 0.1) is 20.8 Å². The van der Waals surface area contributed by atoms with E-state index in [0.29, 0.717) is 16.7 Å². The second-order valence-corrected chi connectivity index (χ2v) is 7.18. The summed E-state index contributed by atoms with van der Waals surface area (Å²) in [4.78, 5) is 20.8. The van der Waals surface area contributed by atoms with Crippen molar-refractivity contribution in [2.75, 3.05) is 11.1 Å². The van der Waals surface area contributed by atoms with Crippen molar-refractivity contribution >= 4 is 23.4 Å². The third-order valence-electron chi connectivity index (χ3n) is 4.00. The van der Waals surface area contributed by atoms with Gasteiger partial charge in [-0.2, -0.15) is 0 Å². The van der Waals surface area contributed by atoms with Crippen LogP contribution in [-0.2, 0) is 4.79 Å². The fourth-order valence-electron chi connectivity index (χ4n) is 2.35. The first-order valence-corrected chi connectivity index (χ1v) is 9.55. The van der Waals surface area contributed by atoms with Crippen LogP contribution >= 0.6 is 11.8 Å². The minimum Gasteiger partial charge on any atom is -0.437 e. The lowest BCUT2D eigenvalue weighted by Gasteiger charge is -2.10. The van der Waals surface area contributed by atoms with Gasteiger partial charge in [-0.1, -0.05) is 35.5 Å². The van der Waals surface area contributed by atoms with Gasteiger partial charge in [0.05, 0.1) is 5.75 Å². The highest BCUT2D eigenvalue weighted by molar-refractivity contribution is 8.00. The molecule has 0 aliphatic carbocycles. The molecule has 1 heterocycles. The monoisotopic (exact) mass is 379 g/mol. The van der Waals surface area contributed by atoms with E-state index in [1.807, 2.05) is 63.2 Å². The SMILES string of the molecule is Cc1ccc(Oc2nccnc2SCC(=O)Nc2ccc(C)c(C)c2)cc1. The van der Waals surface area contributed by atoms with Crippen molar-refractivity contribution < 1.29 is 9.53 Å². The summed E-state index contributed by atoms with van der Waals surface area (Å²) in [5, 5.41) is 3.48. The van der Waals surface area contributed by atoms with Gasteiger partial charge < -0.3 is 10.1 Å². The maximum Gasteiger partial charge on any atom is 0.252 e. The zero-order valence-corrected chi connectivity index (χ0v) is 16.3. The van der Waals surface area contributed by atoms with E-state index in [9.17, 15) is 4.79 Å². The molecule has 0 aliphatic rings. The molecule has 0 aliphatic heterocycles. The van der Waals surface area contributed by atoms with Crippen molar-refractivity contribution in [2.24, 2.45) is 0 Å². The van der Waals surface area contributed by atoms with E-state index in [-0.39, 0.29) is 11.7 Å². The number of hydrogen-bond donors (Lipinski definition) is 1. The number of nitrogens with one attached hydrogen (secondary N) is 1. The quantitative estimate of drug-likeness (QED) is 0.616. The van der Waals surface area contributed by atoms with Crippen LogP contribution in [0.5, 0.6) is 11.6 Å². The van der Waals surface area contributed by atoms with Gasteiger partial charge >= 0.3 is 0 Å². The minimum absolute atomic E-state index is 0.102. The Kier molecular flexibility index (Phi) is 6.08. The minimum atomic E-state index is -0.102. The lowest BCUT2D eigenvalue weighted by atomic mass is 10.1. The molecule has 138 valence electrons. The summed E-state index contributed by atoms with van der Waals surface area (Å²) in [6, 6.07) is 13.6. The molecule has 2 aromatic carbocycles. The lowest BCUT2D eigenvalue weighted by molar-refractivity contribution is -0.113. The summed E-state index contributed by atoms with van der Waals surface area (Å²) in [5.74, 6) is 1.19. The number of hydrogen-bond acceptors (Lipinski definition) is 5. The van der Waals surface area contributed by atoms with E-state index in [1.54, 1.807) is 12.4 Å². The summed E-state index contributed by atoms with van der Waals surface area (Å²) in [6.07, 6.45) is 3.16. The number of benzene rings is 2. The topological polar surface area (TPSA) is 64.1 Å². The predicted octanol–water partition coefficient (Wildman–Crippen LogP) is 4.92. The molecule has 0 unspecified atom stereocenters. The van der Waals surface area contributed by atoms with Crippen molar-refractivity contribution in [3.8, 4) is 11.6 Å². The van der Waals surface area contributed by atoms with E-state index < -0.39 is 0 Å². The number of ether oxygens (including phenoxy) is 1. The predicted molar refractivity (Wildman–Crippen MR) is 109 cm³/mol. The van der Waals surface area contributed by atoms with Gasteiger partial charge in [0.2, 0.25) is 5.91 Å². The Labute approximate surface area is 163 Å². The highest BCUT2D eigenvalue weighted by Gasteiger charge is 2.12. The highest BCUT2D eigenvalue weighted by atomic mass is 32.2. The molecule has 0 radical (unpaired) electrons. The first-order valence-electron chi connectivity index (χ1n) is 8.57. The van der Waals surface area contributed by atoms with Crippen LogP contribution < -0.4 is 10.1 Å². The third kappa shape index (κ3) is 5.31. The van der Waals surface area contributed by atoms with Crippen molar-refractivity contribution in [3.05, 3.63) is 71.5 Å². The number of aryl methyl sites for hydroxylation is 3. The summed E-state index contributed by atoms with van der Waals surface area (Å²) < 4.78 is 5.82. The largest absolute Gasteiger partial charge is 0.437 e. The van der Waals surface area contributed by atoms with Crippen molar-refractivity contribution in [3.63, 3.8) is 0 Å². The van der Waals surface area contributed by atoms with Gasteiger partial charge in [0, 0.05) is 18.1 Å². The molecule has 3 aromatic rings. The Morgan fingerprint density at radius 1 is 1.00 bits per heavy atom. The standard InChI is InChI=1S/C21H21N3O2S/c1-14-4-8-18(9-5-14)26-20-21(23-11-10-22-20)27-13-19(25)24-17-7-6-15(2)16(3)12-17/h4-12H,13H2,1-3H3,(H,24,25). The average Bonchev–Trinajstić information content (AvgIpc) is 2.66. The van der Waals surface area contributed by atoms with E-state index in [4.69, 9.17) is 4.74 Å². The average molecular weight is 379 g/mol. The Hall–Kier alpha value is -2.86. The second-order valence-electron chi connectivity index (χ2n) is 6.22. The van der Waals surface area contributed by atoms with Crippen LogP contribution in [0.15, 0.2) is 59.9 Å². The number of carbonyl (C=O) groups is 1. The molecule has 1 N–H and O–H groups in total. The number of amides is 1. The number of thioether (sulfide) groups is 1. The number of anilines is 1. The zero-order chi connectivity index (χ0) is 19.2. The van der Waals surface area contributed by atoms with Crippen LogP contribution in [0.25, 0.3) is 0 Å². The molecule has 0 saturated heterocycles. The number of rotatable bonds is 6. The fraction of sp³-hybridized carbons (Fsp3) is 0.190. The fourth-order valence-corrected chi connectivity index (χ4v) is 3.04. The molecule has 0 atom stereocenters. The maximum atomic E-state index is 12.3. The molecule has 6 heteroatoms. The molecule has 0 bridgehead atoms. The Bertz CT molecular complexity index is 942. The van der Waals surface area contributed by atoms with Crippen LogP contribution in [-0.4, -0.2) is 21.6 Å². The molecule has 1 amide bonds. The molecular weight excluding hydrogens is 358 g/mol. The van der Waals surface area contributed by atoms with Crippen LogP contribution in [0.4, 0.5) is 5.69 Å².